The fourth-order valence-electron chi connectivity index (χ4n) is 2.83. The highest BCUT2D eigenvalue weighted by Gasteiger charge is 2.33. The third kappa shape index (κ3) is 4.83. The molecule has 1 heterocycles. The van der Waals surface area contributed by atoms with Gasteiger partial charge in [-0.2, -0.15) is 5.26 Å². The predicted molar refractivity (Wildman–Crippen MR) is 95.6 cm³/mol. The summed E-state index contributed by atoms with van der Waals surface area (Å²) < 4.78 is 0. The molecule has 0 bridgehead atoms. The molecule has 1 saturated heterocycles. The van der Waals surface area contributed by atoms with E-state index in [2.05, 4.69) is 18.0 Å². The van der Waals surface area contributed by atoms with Gasteiger partial charge in [0.15, 0.2) is 0 Å². The number of benzene rings is 1. The third-order valence-corrected chi connectivity index (χ3v) is 4.18. The van der Waals surface area contributed by atoms with Crippen LogP contribution in [0, 0.1) is 11.3 Å². The number of hydrogen-bond acceptors (Lipinski definition) is 3. The molecule has 6 nitrogen and oxygen atoms in total. The van der Waals surface area contributed by atoms with Crippen LogP contribution < -0.4 is 5.32 Å². The Morgan fingerprint density at radius 2 is 2.12 bits per heavy atom. The van der Waals surface area contributed by atoms with E-state index in [4.69, 9.17) is 5.26 Å². The van der Waals surface area contributed by atoms with Gasteiger partial charge in [-0.15, -0.1) is 0 Å². The van der Waals surface area contributed by atoms with Crippen LogP contribution in [0.3, 0.4) is 0 Å². The van der Waals surface area contributed by atoms with Crippen LogP contribution in [0.2, 0.25) is 0 Å². The molecular formula is C19H24N4O2. The second-order valence-corrected chi connectivity index (χ2v) is 6.33. The Bertz CT molecular complexity index is 690. The zero-order chi connectivity index (χ0) is 18.4. The van der Waals surface area contributed by atoms with Gasteiger partial charge in [-0.3, -0.25) is 4.79 Å². The molecule has 132 valence electrons. The summed E-state index contributed by atoms with van der Waals surface area (Å²) in [4.78, 5) is 28.2. The number of likely N-dealkylation sites (N-methyl/N-ethyl adjacent to an activating group) is 1. The molecule has 0 saturated carbocycles. The normalized spacial score (nSPS) is 16.4. The van der Waals surface area contributed by atoms with Crippen molar-refractivity contribution < 1.29 is 9.59 Å². The van der Waals surface area contributed by atoms with Crippen LogP contribution in [-0.2, 0) is 11.3 Å². The van der Waals surface area contributed by atoms with Gasteiger partial charge in [-0.25, -0.2) is 4.79 Å². The molecule has 1 fully saturated rings. The van der Waals surface area contributed by atoms with E-state index in [0.29, 0.717) is 38.2 Å². The van der Waals surface area contributed by atoms with Gasteiger partial charge in [-0.1, -0.05) is 24.3 Å². The number of amides is 3. The zero-order valence-electron chi connectivity index (χ0n) is 14.8. The van der Waals surface area contributed by atoms with E-state index in [9.17, 15) is 9.59 Å². The summed E-state index contributed by atoms with van der Waals surface area (Å²) in [6.07, 6.45) is 0.603. The maximum atomic E-state index is 12.5. The number of rotatable bonds is 6. The predicted octanol–water partition coefficient (Wildman–Crippen LogP) is 2.27. The number of urea groups is 1. The molecule has 0 aliphatic carbocycles. The van der Waals surface area contributed by atoms with E-state index in [0.717, 1.165) is 11.1 Å². The monoisotopic (exact) mass is 340 g/mol. The largest absolute Gasteiger partial charge is 0.336 e. The SMILES string of the molecule is C=C(C)CN(CC)C(=O)N[C@H]1CCN(Cc2ccc(C#N)cc2)C1=O. The van der Waals surface area contributed by atoms with Gasteiger partial charge >= 0.3 is 6.03 Å². The first kappa shape index (κ1) is 18.5. The Kier molecular flexibility index (Phi) is 6.18. The molecule has 25 heavy (non-hydrogen) atoms. The average molecular weight is 340 g/mol. The molecule has 1 aliphatic heterocycles. The number of nitrogens with one attached hydrogen (secondary N) is 1. The third-order valence-electron chi connectivity index (χ3n) is 4.18. The van der Waals surface area contributed by atoms with E-state index in [-0.39, 0.29) is 11.9 Å². The summed E-state index contributed by atoms with van der Waals surface area (Å²) in [5.74, 6) is -0.0657. The summed E-state index contributed by atoms with van der Waals surface area (Å²) in [6.45, 7) is 9.74. The van der Waals surface area contributed by atoms with Crippen LogP contribution in [0.4, 0.5) is 4.79 Å². The van der Waals surface area contributed by atoms with E-state index in [1.807, 2.05) is 26.0 Å². The molecular weight excluding hydrogens is 316 g/mol. The molecule has 1 aromatic rings. The molecule has 1 atom stereocenters. The van der Waals surface area contributed by atoms with Crippen molar-refractivity contribution in [2.75, 3.05) is 19.6 Å². The van der Waals surface area contributed by atoms with Gasteiger partial charge in [0, 0.05) is 26.2 Å². The van der Waals surface area contributed by atoms with Gasteiger partial charge < -0.3 is 15.1 Å². The van der Waals surface area contributed by atoms with Crippen molar-refractivity contribution in [2.24, 2.45) is 0 Å². The van der Waals surface area contributed by atoms with Crippen molar-refractivity contribution in [3.8, 4) is 6.07 Å². The smallest absolute Gasteiger partial charge is 0.318 e. The summed E-state index contributed by atoms with van der Waals surface area (Å²) in [7, 11) is 0. The highest BCUT2D eigenvalue weighted by atomic mass is 16.2. The molecule has 0 spiro atoms. The van der Waals surface area contributed by atoms with Crippen LogP contribution in [-0.4, -0.2) is 47.4 Å². The Labute approximate surface area is 148 Å². The van der Waals surface area contributed by atoms with Gasteiger partial charge in [0.1, 0.15) is 6.04 Å². The number of hydrogen-bond donors (Lipinski definition) is 1. The molecule has 0 unspecified atom stereocenters. The Morgan fingerprint density at radius 1 is 1.44 bits per heavy atom. The van der Waals surface area contributed by atoms with Crippen molar-refractivity contribution in [3.63, 3.8) is 0 Å². The maximum absolute atomic E-state index is 12.5. The molecule has 1 aliphatic rings. The average Bonchev–Trinajstić information content (AvgIpc) is 2.93. The quantitative estimate of drug-likeness (QED) is 0.807. The minimum absolute atomic E-state index is 0.0657. The van der Waals surface area contributed by atoms with E-state index >= 15 is 0 Å². The number of carbonyl (C=O) groups excluding carboxylic acids is 2. The van der Waals surface area contributed by atoms with Crippen molar-refractivity contribution in [2.45, 2.75) is 32.9 Å². The van der Waals surface area contributed by atoms with E-state index in [1.165, 1.54) is 0 Å². The second-order valence-electron chi connectivity index (χ2n) is 6.33. The molecule has 1 aromatic carbocycles. The lowest BCUT2D eigenvalue weighted by molar-refractivity contribution is -0.129. The van der Waals surface area contributed by atoms with Crippen molar-refractivity contribution in [1.82, 2.24) is 15.1 Å². The van der Waals surface area contributed by atoms with Crippen molar-refractivity contribution in [3.05, 3.63) is 47.5 Å². The van der Waals surface area contributed by atoms with Crippen LogP contribution >= 0.6 is 0 Å². The maximum Gasteiger partial charge on any atom is 0.318 e. The molecule has 0 aromatic heterocycles. The number of likely N-dealkylation sites (tertiary alicyclic amines) is 1. The Hall–Kier alpha value is -2.81. The first-order valence-corrected chi connectivity index (χ1v) is 8.42. The fraction of sp³-hybridized carbons (Fsp3) is 0.421. The lowest BCUT2D eigenvalue weighted by Gasteiger charge is -2.23. The minimum atomic E-state index is -0.481. The Balaban J connectivity index is 1.93. The number of nitriles is 1. The first-order chi connectivity index (χ1) is 11.9. The lowest BCUT2D eigenvalue weighted by Crippen LogP contribution is -2.48. The first-order valence-electron chi connectivity index (χ1n) is 8.42. The standard InChI is InChI=1S/C19H24N4O2/c1-4-22(12-14(2)3)19(25)21-17-9-10-23(18(17)24)13-16-7-5-15(11-20)6-8-16/h5-8,17H,2,4,9-10,12-13H2,1,3H3,(H,21,25)/t17-/m0/s1. The second kappa shape index (κ2) is 8.34. The van der Waals surface area contributed by atoms with Gasteiger partial charge in [-0.05, 0) is 38.0 Å². The van der Waals surface area contributed by atoms with Crippen molar-refractivity contribution in [1.29, 1.82) is 5.26 Å². The molecule has 0 radical (unpaired) electrons. The molecule has 6 heteroatoms. The molecule has 1 N–H and O–H groups in total. The van der Waals surface area contributed by atoms with Crippen LogP contribution in [0.1, 0.15) is 31.4 Å². The van der Waals surface area contributed by atoms with E-state index < -0.39 is 6.04 Å². The topological polar surface area (TPSA) is 76.4 Å². The summed E-state index contributed by atoms with van der Waals surface area (Å²) >= 11 is 0. The Morgan fingerprint density at radius 3 is 2.68 bits per heavy atom. The molecule has 2 rings (SSSR count). The number of nitrogens with zero attached hydrogens (tertiary/aromatic N) is 3. The highest BCUT2D eigenvalue weighted by molar-refractivity contribution is 5.88. The number of carbonyl (C=O) groups is 2. The lowest BCUT2D eigenvalue weighted by atomic mass is 10.1. The van der Waals surface area contributed by atoms with Crippen molar-refractivity contribution >= 4 is 11.9 Å². The molecule has 3 amide bonds. The minimum Gasteiger partial charge on any atom is -0.336 e. The van der Waals surface area contributed by atoms with E-state index in [1.54, 1.807) is 21.9 Å². The highest BCUT2D eigenvalue weighted by Crippen LogP contribution is 2.16. The van der Waals surface area contributed by atoms with Crippen LogP contribution in [0.15, 0.2) is 36.4 Å². The van der Waals surface area contributed by atoms with Gasteiger partial charge in [0.05, 0.1) is 11.6 Å². The van der Waals surface area contributed by atoms with Crippen LogP contribution in [0.25, 0.3) is 0 Å². The summed E-state index contributed by atoms with van der Waals surface area (Å²) in [6, 6.07) is 8.55. The van der Waals surface area contributed by atoms with Gasteiger partial charge in [0.25, 0.3) is 0 Å². The van der Waals surface area contributed by atoms with Gasteiger partial charge in [0.2, 0.25) is 5.91 Å². The fourth-order valence-corrected chi connectivity index (χ4v) is 2.83. The summed E-state index contributed by atoms with van der Waals surface area (Å²) in [5, 5.41) is 11.7. The zero-order valence-corrected chi connectivity index (χ0v) is 14.8. The van der Waals surface area contributed by atoms with Crippen LogP contribution in [0.5, 0.6) is 0 Å². The summed E-state index contributed by atoms with van der Waals surface area (Å²) in [5.41, 5.74) is 2.47.